The van der Waals surface area contributed by atoms with Crippen LogP contribution >= 0.6 is 18.9 Å². The van der Waals surface area contributed by atoms with E-state index in [4.69, 9.17) is 11.6 Å². The third-order valence-electron chi connectivity index (χ3n) is 3.21. The lowest BCUT2D eigenvalue weighted by Crippen LogP contribution is -2.10. The average Bonchev–Trinajstić information content (AvgIpc) is 2.29. The van der Waals surface area contributed by atoms with Crippen LogP contribution in [0.4, 0.5) is 0 Å². The van der Waals surface area contributed by atoms with Crippen LogP contribution in [0.5, 0.6) is 0 Å². The van der Waals surface area contributed by atoms with E-state index in [9.17, 15) is 0 Å². The Balaban J connectivity index is 4.16. The molecule has 15 heavy (non-hydrogen) atoms. The smallest absolute Gasteiger partial charge is 0.0821 e. The van der Waals surface area contributed by atoms with Crippen molar-refractivity contribution in [2.75, 3.05) is 24.1 Å². The second-order valence-corrected chi connectivity index (χ2v) is 9.67. The minimum absolute atomic E-state index is 0.761. The van der Waals surface area contributed by atoms with E-state index in [2.05, 4.69) is 20.8 Å². The van der Waals surface area contributed by atoms with E-state index in [1.54, 1.807) is 0 Å². The van der Waals surface area contributed by atoms with Crippen LogP contribution < -0.4 is 0 Å². The molecule has 0 unspecified atom stereocenters. The Hall–Kier alpha value is 0.720. The largest absolute Gasteiger partial charge is 0.132 e. The first-order valence-electron chi connectivity index (χ1n) is 6.65. The zero-order chi connectivity index (χ0) is 11.6. The maximum Gasteiger partial charge on any atom is 0.132 e. The quantitative estimate of drug-likeness (QED) is 0.350. The summed E-state index contributed by atoms with van der Waals surface area (Å²) in [6.07, 6.45) is 12.5. The molecule has 0 rings (SSSR count). The predicted molar refractivity (Wildman–Crippen MR) is 77.0 cm³/mol. The molecule has 0 saturated carbocycles. The molecule has 0 saturated heterocycles. The number of rotatable bonds is 10. The molecule has 0 aliphatic rings. The monoisotopic (exact) mass is 251 g/mol. The lowest BCUT2D eigenvalue weighted by Gasteiger charge is -2.25. The fourth-order valence-electron chi connectivity index (χ4n) is 2.00. The summed E-state index contributed by atoms with van der Waals surface area (Å²) in [5.41, 5.74) is 0.979. The molecule has 0 nitrogen and oxygen atoms in total. The van der Waals surface area contributed by atoms with E-state index < -0.39 is 7.26 Å². The number of unbranched alkanes of at least 4 members (excludes halogenated alkanes) is 3. The van der Waals surface area contributed by atoms with Crippen LogP contribution in [0.3, 0.4) is 0 Å². The molecule has 0 atom stereocenters. The number of alkyl halides is 1. The highest BCUT2D eigenvalue weighted by molar-refractivity contribution is 7.77. The van der Waals surface area contributed by atoms with Gasteiger partial charge in [0.2, 0.25) is 0 Å². The van der Waals surface area contributed by atoms with Crippen molar-refractivity contribution in [2.24, 2.45) is 0 Å². The van der Waals surface area contributed by atoms with Gasteiger partial charge >= 0.3 is 0 Å². The molecule has 0 heterocycles. The van der Waals surface area contributed by atoms with Crippen LogP contribution in [0.15, 0.2) is 0 Å². The Morgan fingerprint density at radius 1 is 0.733 bits per heavy atom. The second kappa shape index (κ2) is 9.91. The Kier molecular flexibility index (Phi) is 10.4. The molecule has 0 aromatic carbocycles. The Morgan fingerprint density at radius 2 is 1.07 bits per heavy atom. The van der Waals surface area contributed by atoms with Crippen LogP contribution in [-0.2, 0) is 0 Å². The molecule has 0 radical (unpaired) electrons. The van der Waals surface area contributed by atoms with Gasteiger partial charge in [-0.25, -0.2) is 0 Å². The Bertz CT molecular complexity index is 115. The van der Waals surface area contributed by atoms with Gasteiger partial charge in [0, 0.05) is 7.26 Å². The first-order valence-corrected chi connectivity index (χ1v) is 9.72. The molecule has 92 valence electrons. The fourth-order valence-corrected chi connectivity index (χ4v) is 7.06. The van der Waals surface area contributed by atoms with Crippen molar-refractivity contribution in [3.05, 3.63) is 0 Å². The molecule has 0 aliphatic heterocycles. The molecule has 0 spiro atoms. The van der Waals surface area contributed by atoms with Gasteiger partial charge in [-0.3, -0.25) is 0 Å². The fraction of sp³-hybridized carbons (Fsp3) is 1.00. The van der Waals surface area contributed by atoms with E-state index in [-0.39, 0.29) is 0 Å². The number of halogens is 1. The predicted octanol–water partition coefficient (Wildman–Crippen LogP) is 5.60. The molecule has 2 heteroatoms. The van der Waals surface area contributed by atoms with E-state index in [0.29, 0.717) is 0 Å². The first kappa shape index (κ1) is 15.7. The van der Waals surface area contributed by atoms with Gasteiger partial charge in [-0.15, -0.1) is 0 Å². The standard InChI is InChI=1S/C13H29ClP/c1-4-7-10-15(13-14,11-8-5-2)12-9-6-3/h4-13H2,1-3H3/q+1. The molecule has 0 aliphatic carbocycles. The highest BCUT2D eigenvalue weighted by atomic mass is 35.5. The highest BCUT2D eigenvalue weighted by Crippen LogP contribution is 2.61. The maximum atomic E-state index is 6.28. The summed E-state index contributed by atoms with van der Waals surface area (Å²) in [4.78, 5) is 0. The zero-order valence-electron chi connectivity index (χ0n) is 10.9. The lowest BCUT2D eigenvalue weighted by atomic mass is 10.4. The van der Waals surface area contributed by atoms with Gasteiger partial charge < -0.3 is 0 Å². The van der Waals surface area contributed by atoms with Crippen LogP contribution in [0.25, 0.3) is 0 Å². The zero-order valence-corrected chi connectivity index (χ0v) is 12.5. The average molecular weight is 252 g/mol. The van der Waals surface area contributed by atoms with Crippen LogP contribution in [-0.4, -0.2) is 24.1 Å². The van der Waals surface area contributed by atoms with Gasteiger partial charge in [-0.1, -0.05) is 51.6 Å². The lowest BCUT2D eigenvalue weighted by molar-refractivity contribution is 0.837. The number of hydrogen-bond acceptors (Lipinski definition) is 0. The molecular weight excluding hydrogens is 223 g/mol. The van der Waals surface area contributed by atoms with Crippen LogP contribution in [0, 0.1) is 0 Å². The van der Waals surface area contributed by atoms with Crippen molar-refractivity contribution >= 4 is 18.9 Å². The summed E-state index contributed by atoms with van der Waals surface area (Å²) >= 11 is 6.28. The summed E-state index contributed by atoms with van der Waals surface area (Å²) < 4.78 is 0. The summed E-state index contributed by atoms with van der Waals surface area (Å²) in [5, 5.41) is 0. The van der Waals surface area contributed by atoms with E-state index in [1.165, 1.54) is 57.0 Å². The molecule has 0 amide bonds. The molecule has 0 bridgehead atoms. The van der Waals surface area contributed by atoms with Crippen LogP contribution in [0.2, 0.25) is 0 Å². The van der Waals surface area contributed by atoms with Crippen molar-refractivity contribution in [1.29, 1.82) is 0 Å². The Labute approximate surface area is 103 Å². The van der Waals surface area contributed by atoms with Gasteiger partial charge in [-0.2, -0.15) is 0 Å². The van der Waals surface area contributed by atoms with Crippen molar-refractivity contribution in [2.45, 2.75) is 59.3 Å². The Morgan fingerprint density at radius 3 is 1.27 bits per heavy atom. The van der Waals surface area contributed by atoms with Crippen molar-refractivity contribution in [1.82, 2.24) is 0 Å². The third kappa shape index (κ3) is 6.80. The summed E-state index contributed by atoms with van der Waals surface area (Å²) in [5.74, 6) is 0. The minimum atomic E-state index is -0.761. The number of hydrogen-bond donors (Lipinski definition) is 0. The first-order chi connectivity index (χ1) is 7.24. The minimum Gasteiger partial charge on any atom is -0.0821 e. The highest BCUT2D eigenvalue weighted by Gasteiger charge is 2.34. The van der Waals surface area contributed by atoms with Gasteiger partial charge in [0.05, 0.1) is 18.5 Å². The SMILES string of the molecule is CCCC[P+](CCl)(CCCC)CCCC. The maximum absolute atomic E-state index is 6.28. The third-order valence-corrected chi connectivity index (χ3v) is 9.03. The van der Waals surface area contributed by atoms with E-state index in [0.717, 1.165) is 5.62 Å². The summed E-state index contributed by atoms with van der Waals surface area (Å²) in [6.45, 7) is 6.88. The van der Waals surface area contributed by atoms with Gasteiger partial charge in [0.1, 0.15) is 5.62 Å². The van der Waals surface area contributed by atoms with Crippen molar-refractivity contribution in [3.8, 4) is 0 Å². The van der Waals surface area contributed by atoms with Gasteiger partial charge in [-0.05, 0) is 19.3 Å². The summed E-state index contributed by atoms with van der Waals surface area (Å²) in [6, 6.07) is 0. The molecule has 0 N–H and O–H groups in total. The van der Waals surface area contributed by atoms with Gasteiger partial charge in [0.15, 0.2) is 0 Å². The summed E-state index contributed by atoms with van der Waals surface area (Å²) in [7, 11) is -0.761. The van der Waals surface area contributed by atoms with Gasteiger partial charge in [0.25, 0.3) is 0 Å². The second-order valence-electron chi connectivity index (χ2n) is 4.69. The topological polar surface area (TPSA) is 0 Å². The molecule has 0 aromatic heterocycles. The molecular formula is C13H29ClP+. The normalized spacial score (nSPS) is 12.0. The molecule has 0 fully saturated rings. The van der Waals surface area contributed by atoms with Crippen LogP contribution in [0.1, 0.15) is 59.3 Å². The van der Waals surface area contributed by atoms with Crippen molar-refractivity contribution in [3.63, 3.8) is 0 Å². The van der Waals surface area contributed by atoms with Crippen molar-refractivity contribution < 1.29 is 0 Å². The van der Waals surface area contributed by atoms with E-state index >= 15 is 0 Å². The van der Waals surface area contributed by atoms with E-state index in [1.807, 2.05) is 0 Å². The molecule has 0 aromatic rings.